The van der Waals surface area contributed by atoms with E-state index in [2.05, 4.69) is 6.92 Å². The number of unbranched alkanes of at least 4 members (excludes halogenated alkanes) is 13. The zero-order valence-corrected chi connectivity index (χ0v) is 13.3. The summed E-state index contributed by atoms with van der Waals surface area (Å²) in [7, 11) is 0. The van der Waals surface area contributed by atoms with Crippen molar-refractivity contribution in [2.45, 2.75) is 96.8 Å². The molecule has 110 valence electrons. The zero-order chi connectivity index (χ0) is 13.3. The van der Waals surface area contributed by atoms with E-state index in [1.165, 1.54) is 89.9 Å². The van der Waals surface area contributed by atoms with Crippen LogP contribution >= 0.6 is 12.0 Å². The lowest BCUT2D eigenvalue weighted by Crippen LogP contribution is -1.84. The van der Waals surface area contributed by atoms with Gasteiger partial charge in [0, 0.05) is 5.75 Å². The van der Waals surface area contributed by atoms with E-state index in [4.69, 9.17) is 4.55 Å². The highest BCUT2D eigenvalue weighted by molar-refractivity contribution is 7.93. The average molecular weight is 275 g/mol. The molecule has 0 saturated carbocycles. The third-order valence-electron chi connectivity index (χ3n) is 3.59. The second-order valence-electron chi connectivity index (χ2n) is 5.43. The first-order chi connectivity index (χ1) is 8.91. The first kappa shape index (κ1) is 18.3. The lowest BCUT2D eigenvalue weighted by Gasteiger charge is -2.02. The van der Waals surface area contributed by atoms with Gasteiger partial charge in [0.15, 0.2) is 0 Å². The second-order valence-corrected chi connectivity index (χ2v) is 6.10. The average Bonchev–Trinajstić information content (AvgIpc) is 2.39. The molecule has 0 atom stereocenters. The molecule has 0 aromatic carbocycles. The molecule has 0 aliphatic carbocycles. The van der Waals surface area contributed by atoms with Gasteiger partial charge in [-0.2, -0.15) is 0 Å². The fourth-order valence-corrected chi connectivity index (χ4v) is 2.69. The third kappa shape index (κ3) is 16.3. The normalized spacial score (nSPS) is 11.0. The summed E-state index contributed by atoms with van der Waals surface area (Å²) in [4.78, 5) is 0. The fourth-order valence-electron chi connectivity index (χ4n) is 2.36. The minimum absolute atomic E-state index is 0.915. The van der Waals surface area contributed by atoms with Gasteiger partial charge >= 0.3 is 0 Å². The monoisotopic (exact) mass is 274 g/mol. The topological polar surface area (TPSA) is 20.2 Å². The molecule has 2 heteroatoms. The predicted octanol–water partition coefficient (Wildman–Crippen LogP) is 6.67. The van der Waals surface area contributed by atoms with Gasteiger partial charge in [-0.15, -0.1) is 0 Å². The van der Waals surface area contributed by atoms with Gasteiger partial charge < -0.3 is 4.55 Å². The summed E-state index contributed by atoms with van der Waals surface area (Å²) in [5, 5.41) is 0. The molecule has 0 amide bonds. The number of rotatable bonds is 15. The maximum absolute atomic E-state index is 8.57. The molecule has 0 fully saturated rings. The van der Waals surface area contributed by atoms with E-state index < -0.39 is 0 Å². The minimum atomic E-state index is 0.915. The summed E-state index contributed by atoms with van der Waals surface area (Å²) in [5.74, 6) is 0.915. The van der Waals surface area contributed by atoms with Gasteiger partial charge in [0.25, 0.3) is 0 Å². The van der Waals surface area contributed by atoms with Crippen molar-refractivity contribution in [1.29, 1.82) is 0 Å². The molecule has 0 aliphatic rings. The standard InChI is InChI=1S/C16H34OS/c1-2-3-4-5-6-7-8-9-10-11-12-13-14-15-16-18-17/h17H,2-16H2,1H3. The first-order valence-corrected chi connectivity index (χ1v) is 9.12. The van der Waals surface area contributed by atoms with Crippen LogP contribution < -0.4 is 0 Å². The summed E-state index contributed by atoms with van der Waals surface area (Å²) in [6, 6.07) is 0. The van der Waals surface area contributed by atoms with Crippen LogP contribution in [0, 0.1) is 0 Å². The summed E-state index contributed by atoms with van der Waals surface area (Å²) in [5.41, 5.74) is 0. The fraction of sp³-hybridized carbons (Fsp3) is 1.00. The van der Waals surface area contributed by atoms with Crippen LogP contribution in [0.15, 0.2) is 0 Å². The molecule has 0 aromatic rings. The molecule has 0 aliphatic heterocycles. The zero-order valence-electron chi connectivity index (χ0n) is 12.5. The van der Waals surface area contributed by atoms with Crippen molar-refractivity contribution in [3.05, 3.63) is 0 Å². The smallest absolute Gasteiger partial charge is 0.0195 e. The van der Waals surface area contributed by atoms with Crippen molar-refractivity contribution in [1.82, 2.24) is 0 Å². The van der Waals surface area contributed by atoms with E-state index in [0.717, 1.165) is 17.8 Å². The molecule has 0 saturated heterocycles. The SMILES string of the molecule is CCCCCCCCCCCCCCCCSO. The Hall–Kier alpha value is 0.310. The van der Waals surface area contributed by atoms with Crippen molar-refractivity contribution >= 4 is 12.0 Å². The first-order valence-electron chi connectivity index (χ1n) is 8.18. The largest absolute Gasteiger partial charge is 0.330 e. The molecular weight excluding hydrogens is 240 g/mol. The van der Waals surface area contributed by atoms with Gasteiger partial charge in [-0.3, -0.25) is 0 Å². The van der Waals surface area contributed by atoms with Crippen molar-refractivity contribution in [3.8, 4) is 0 Å². The number of hydrogen-bond acceptors (Lipinski definition) is 2. The van der Waals surface area contributed by atoms with E-state index in [9.17, 15) is 0 Å². The Morgan fingerprint density at radius 1 is 0.556 bits per heavy atom. The van der Waals surface area contributed by atoms with Gasteiger partial charge in [-0.1, -0.05) is 90.4 Å². The number of hydrogen-bond donors (Lipinski definition) is 1. The molecule has 0 aromatic heterocycles. The molecule has 0 bridgehead atoms. The maximum atomic E-state index is 8.57. The van der Waals surface area contributed by atoms with Crippen LogP contribution in [-0.4, -0.2) is 10.3 Å². The summed E-state index contributed by atoms with van der Waals surface area (Å²) in [6.07, 6.45) is 19.6. The summed E-state index contributed by atoms with van der Waals surface area (Å²) < 4.78 is 8.57. The molecule has 1 N–H and O–H groups in total. The lowest BCUT2D eigenvalue weighted by atomic mass is 10.0. The van der Waals surface area contributed by atoms with Crippen LogP contribution in [0.2, 0.25) is 0 Å². The van der Waals surface area contributed by atoms with E-state index >= 15 is 0 Å². The molecule has 0 heterocycles. The van der Waals surface area contributed by atoms with E-state index in [-0.39, 0.29) is 0 Å². The molecule has 0 unspecified atom stereocenters. The highest BCUT2D eigenvalue weighted by Crippen LogP contribution is 2.13. The predicted molar refractivity (Wildman–Crippen MR) is 85.4 cm³/mol. The Labute approximate surface area is 119 Å². The van der Waals surface area contributed by atoms with Crippen LogP contribution in [0.4, 0.5) is 0 Å². The van der Waals surface area contributed by atoms with E-state index in [0.29, 0.717) is 0 Å². The van der Waals surface area contributed by atoms with Gasteiger partial charge in [0.05, 0.1) is 0 Å². The highest BCUT2D eigenvalue weighted by Gasteiger charge is 1.93. The van der Waals surface area contributed by atoms with Crippen molar-refractivity contribution in [2.75, 3.05) is 5.75 Å². The van der Waals surface area contributed by atoms with Crippen LogP contribution in [0.25, 0.3) is 0 Å². The van der Waals surface area contributed by atoms with Crippen LogP contribution in [0.5, 0.6) is 0 Å². The Balaban J connectivity index is 2.86. The van der Waals surface area contributed by atoms with Crippen LogP contribution in [-0.2, 0) is 0 Å². The highest BCUT2D eigenvalue weighted by atomic mass is 32.2. The minimum Gasteiger partial charge on any atom is -0.330 e. The van der Waals surface area contributed by atoms with Crippen molar-refractivity contribution in [3.63, 3.8) is 0 Å². The van der Waals surface area contributed by atoms with Crippen LogP contribution in [0.1, 0.15) is 96.8 Å². The lowest BCUT2D eigenvalue weighted by molar-refractivity contribution is 0.538. The van der Waals surface area contributed by atoms with Gasteiger partial charge in [-0.25, -0.2) is 0 Å². The molecule has 0 spiro atoms. The molecule has 0 radical (unpaired) electrons. The Kier molecular flexibility index (Phi) is 17.6. The van der Waals surface area contributed by atoms with Crippen molar-refractivity contribution < 1.29 is 4.55 Å². The van der Waals surface area contributed by atoms with Crippen molar-refractivity contribution in [2.24, 2.45) is 0 Å². The summed E-state index contributed by atoms with van der Waals surface area (Å²) >= 11 is 0.986. The Morgan fingerprint density at radius 3 is 1.22 bits per heavy atom. The second kappa shape index (κ2) is 17.3. The maximum Gasteiger partial charge on any atom is 0.0195 e. The van der Waals surface area contributed by atoms with Crippen LogP contribution in [0.3, 0.4) is 0 Å². The molecule has 18 heavy (non-hydrogen) atoms. The van der Waals surface area contributed by atoms with Gasteiger partial charge in [0.2, 0.25) is 0 Å². The molecule has 0 rings (SSSR count). The quantitative estimate of drug-likeness (QED) is 0.266. The third-order valence-corrected chi connectivity index (χ3v) is 4.06. The van der Waals surface area contributed by atoms with Gasteiger partial charge in [0.1, 0.15) is 0 Å². The Morgan fingerprint density at radius 2 is 0.889 bits per heavy atom. The van der Waals surface area contributed by atoms with Gasteiger partial charge in [-0.05, 0) is 18.5 Å². The van der Waals surface area contributed by atoms with E-state index in [1.54, 1.807) is 0 Å². The summed E-state index contributed by atoms with van der Waals surface area (Å²) in [6.45, 7) is 2.28. The molecule has 1 nitrogen and oxygen atoms in total. The van der Waals surface area contributed by atoms with E-state index in [1.807, 2.05) is 0 Å². The Bertz CT molecular complexity index is 123. The molecular formula is C16H34OS.